The Kier molecular flexibility index (Phi) is 2.67. The van der Waals surface area contributed by atoms with Gasteiger partial charge in [-0.3, -0.25) is 9.69 Å². The Hall–Kier alpha value is -1.75. The molecule has 2 aliphatic carbocycles. The Balaban J connectivity index is 2.09. The topological polar surface area (TPSA) is 20.3 Å². The highest BCUT2D eigenvalue weighted by Crippen LogP contribution is 2.48. The Bertz CT molecular complexity index is 553. The summed E-state index contributed by atoms with van der Waals surface area (Å²) in [4.78, 5) is 14.6. The summed E-state index contributed by atoms with van der Waals surface area (Å²) in [6, 6.07) is 6.15. The molecule has 3 rings (SSSR count). The molecule has 0 bridgehead atoms. The molecule has 0 radical (unpaired) electrons. The molecular formula is C17H19NO. The first-order valence-electron chi connectivity index (χ1n) is 6.97. The molecule has 2 nitrogen and oxygen atoms in total. The number of amides is 1. The molecule has 0 heterocycles. The minimum absolute atomic E-state index is 0.199. The third-order valence-corrected chi connectivity index (χ3v) is 4.23. The Morgan fingerprint density at radius 3 is 2.32 bits per heavy atom. The number of anilines is 1. The van der Waals surface area contributed by atoms with Crippen LogP contribution in [-0.4, -0.2) is 11.4 Å². The zero-order valence-corrected chi connectivity index (χ0v) is 11.6. The predicted octanol–water partition coefficient (Wildman–Crippen LogP) is 3.21. The molecule has 0 aliphatic heterocycles. The van der Waals surface area contributed by atoms with Crippen molar-refractivity contribution in [2.45, 2.75) is 45.1 Å². The summed E-state index contributed by atoms with van der Waals surface area (Å²) in [5, 5.41) is 0. The average Bonchev–Trinajstić information content (AvgIpc) is 3.28. The van der Waals surface area contributed by atoms with Gasteiger partial charge in [0.2, 0.25) is 5.91 Å². The van der Waals surface area contributed by atoms with Gasteiger partial charge in [0, 0.05) is 5.92 Å². The second-order valence-corrected chi connectivity index (χ2v) is 5.86. The van der Waals surface area contributed by atoms with E-state index in [1.165, 1.54) is 0 Å². The second-order valence-electron chi connectivity index (χ2n) is 5.86. The number of hydrogen-bond donors (Lipinski definition) is 0. The fraction of sp³-hybridized carbons (Fsp3) is 0.471. The SMILES string of the molecule is C#CC1(N(C(=O)C2CC2)c2c(C)cccc2C)CC1. The lowest BCUT2D eigenvalue weighted by Crippen LogP contribution is -2.43. The van der Waals surface area contributed by atoms with Crippen LogP contribution in [0.25, 0.3) is 0 Å². The van der Waals surface area contributed by atoms with Crippen molar-refractivity contribution in [1.29, 1.82) is 0 Å². The first kappa shape index (κ1) is 12.3. The highest BCUT2D eigenvalue weighted by Gasteiger charge is 2.52. The number of rotatable bonds is 3. The molecule has 1 amide bonds. The molecule has 2 saturated carbocycles. The molecule has 2 aliphatic rings. The third-order valence-electron chi connectivity index (χ3n) is 4.23. The molecule has 0 spiro atoms. The molecular weight excluding hydrogens is 234 g/mol. The molecule has 0 saturated heterocycles. The monoisotopic (exact) mass is 253 g/mol. The zero-order chi connectivity index (χ0) is 13.6. The van der Waals surface area contributed by atoms with Crippen LogP contribution in [0.15, 0.2) is 18.2 Å². The summed E-state index contributed by atoms with van der Waals surface area (Å²) < 4.78 is 0. The van der Waals surface area contributed by atoms with Crippen LogP contribution in [0.2, 0.25) is 0 Å². The van der Waals surface area contributed by atoms with Crippen molar-refractivity contribution in [2.24, 2.45) is 5.92 Å². The van der Waals surface area contributed by atoms with Crippen molar-refractivity contribution >= 4 is 11.6 Å². The van der Waals surface area contributed by atoms with Gasteiger partial charge in [0.15, 0.2) is 0 Å². The number of para-hydroxylation sites is 1. The standard InChI is InChI=1S/C17H19NO/c1-4-17(10-11-17)18(16(19)14-8-9-14)15-12(2)6-5-7-13(15)3/h1,5-7,14H,8-11H2,2-3H3. The van der Waals surface area contributed by atoms with Crippen LogP contribution in [0.1, 0.15) is 36.8 Å². The van der Waals surface area contributed by atoms with Gasteiger partial charge in [0.05, 0.1) is 5.69 Å². The van der Waals surface area contributed by atoms with Crippen LogP contribution in [0.4, 0.5) is 5.69 Å². The van der Waals surface area contributed by atoms with E-state index in [-0.39, 0.29) is 17.4 Å². The van der Waals surface area contributed by atoms with Crippen LogP contribution in [0.3, 0.4) is 0 Å². The molecule has 19 heavy (non-hydrogen) atoms. The van der Waals surface area contributed by atoms with Gasteiger partial charge in [0.1, 0.15) is 5.54 Å². The Morgan fingerprint density at radius 1 is 1.32 bits per heavy atom. The lowest BCUT2D eigenvalue weighted by atomic mass is 10.0. The van der Waals surface area contributed by atoms with Gasteiger partial charge < -0.3 is 0 Å². The van der Waals surface area contributed by atoms with E-state index in [4.69, 9.17) is 6.42 Å². The second kappa shape index (κ2) is 4.13. The molecule has 1 aromatic rings. The van der Waals surface area contributed by atoms with Gasteiger partial charge in [-0.15, -0.1) is 6.42 Å². The average molecular weight is 253 g/mol. The fourth-order valence-electron chi connectivity index (χ4n) is 2.76. The largest absolute Gasteiger partial charge is 0.295 e. The van der Waals surface area contributed by atoms with E-state index in [2.05, 4.69) is 31.9 Å². The van der Waals surface area contributed by atoms with Crippen molar-refractivity contribution in [3.63, 3.8) is 0 Å². The number of carbonyl (C=O) groups excluding carboxylic acids is 1. The molecule has 1 aromatic carbocycles. The van der Waals surface area contributed by atoms with Crippen LogP contribution in [-0.2, 0) is 4.79 Å². The quantitative estimate of drug-likeness (QED) is 0.757. The number of terminal acetylenes is 1. The number of aryl methyl sites for hydroxylation is 2. The number of carbonyl (C=O) groups is 1. The first-order valence-corrected chi connectivity index (χ1v) is 6.97. The van der Waals surface area contributed by atoms with Crippen LogP contribution >= 0.6 is 0 Å². The zero-order valence-electron chi connectivity index (χ0n) is 11.6. The maximum Gasteiger partial charge on any atom is 0.231 e. The molecule has 98 valence electrons. The summed E-state index contributed by atoms with van der Waals surface area (Å²) >= 11 is 0. The summed E-state index contributed by atoms with van der Waals surface area (Å²) in [5.74, 6) is 3.30. The lowest BCUT2D eigenvalue weighted by molar-refractivity contribution is -0.120. The van der Waals surface area contributed by atoms with Gasteiger partial charge in [0.25, 0.3) is 0 Å². The van der Waals surface area contributed by atoms with E-state index in [0.29, 0.717) is 0 Å². The third kappa shape index (κ3) is 1.94. The minimum Gasteiger partial charge on any atom is -0.295 e. The van der Waals surface area contributed by atoms with Crippen molar-refractivity contribution in [1.82, 2.24) is 0 Å². The van der Waals surface area contributed by atoms with Crippen LogP contribution < -0.4 is 4.90 Å². The van der Waals surface area contributed by atoms with Crippen molar-refractivity contribution in [3.05, 3.63) is 29.3 Å². The van der Waals surface area contributed by atoms with Crippen LogP contribution in [0, 0.1) is 32.1 Å². The maximum atomic E-state index is 12.7. The van der Waals surface area contributed by atoms with Gasteiger partial charge in [-0.2, -0.15) is 0 Å². The van der Waals surface area contributed by atoms with Gasteiger partial charge >= 0.3 is 0 Å². The van der Waals surface area contributed by atoms with E-state index < -0.39 is 0 Å². The van der Waals surface area contributed by atoms with E-state index in [9.17, 15) is 4.79 Å². The molecule has 0 unspecified atom stereocenters. The highest BCUT2D eigenvalue weighted by atomic mass is 16.2. The van der Waals surface area contributed by atoms with E-state index in [0.717, 1.165) is 42.5 Å². The fourth-order valence-corrected chi connectivity index (χ4v) is 2.76. The first-order chi connectivity index (χ1) is 9.09. The smallest absolute Gasteiger partial charge is 0.231 e. The minimum atomic E-state index is -0.351. The molecule has 0 aromatic heterocycles. The van der Waals surface area contributed by atoms with Crippen LogP contribution in [0.5, 0.6) is 0 Å². The summed E-state index contributed by atoms with van der Waals surface area (Å²) in [7, 11) is 0. The predicted molar refractivity (Wildman–Crippen MR) is 76.9 cm³/mol. The molecule has 0 atom stereocenters. The maximum absolute atomic E-state index is 12.7. The molecule has 2 fully saturated rings. The molecule has 0 N–H and O–H groups in total. The van der Waals surface area contributed by atoms with Gasteiger partial charge in [-0.05, 0) is 50.7 Å². The van der Waals surface area contributed by atoms with E-state index >= 15 is 0 Å². The lowest BCUT2D eigenvalue weighted by Gasteiger charge is -2.31. The van der Waals surface area contributed by atoms with E-state index in [1.807, 2.05) is 11.0 Å². The van der Waals surface area contributed by atoms with E-state index in [1.54, 1.807) is 0 Å². The molecule has 2 heteroatoms. The van der Waals surface area contributed by atoms with Crippen molar-refractivity contribution < 1.29 is 4.79 Å². The normalized spacial score (nSPS) is 19.6. The highest BCUT2D eigenvalue weighted by molar-refractivity contribution is 6.00. The van der Waals surface area contributed by atoms with Crippen molar-refractivity contribution in [3.8, 4) is 12.3 Å². The number of hydrogen-bond acceptors (Lipinski definition) is 1. The van der Waals surface area contributed by atoms with Gasteiger partial charge in [-0.1, -0.05) is 24.1 Å². The summed E-state index contributed by atoms with van der Waals surface area (Å²) in [5.41, 5.74) is 2.96. The van der Waals surface area contributed by atoms with Gasteiger partial charge in [-0.25, -0.2) is 0 Å². The Morgan fingerprint density at radius 2 is 1.89 bits per heavy atom. The summed E-state index contributed by atoms with van der Waals surface area (Å²) in [6.07, 6.45) is 9.60. The number of benzene rings is 1. The Labute approximate surface area is 114 Å². The van der Waals surface area contributed by atoms with Crippen molar-refractivity contribution in [2.75, 3.05) is 4.90 Å². The number of nitrogens with zero attached hydrogens (tertiary/aromatic N) is 1. The summed E-state index contributed by atoms with van der Waals surface area (Å²) in [6.45, 7) is 4.12.